The lowest BCUT2D eigenvalue weighted by Crippen LogP contribution is -1.92. The summed E-state index contributed by atoms with van der Waals surface area (Å²) in [6.07, 6.45) is 0. The number of hydrogen-bond acceptors (Lipinski definition) is 2. The van der Waals surface area contributed by atoms with Gasteiger partial charge >= 0.3 is 0 Å². The van der Waals surface area contributed by atoms with Gasteiger partial charge in [0.05, 0.1) is 0 Å². The van der Waals surface area contributed by atoms with Gasteiger partial charge in [0, 0.05) is 21.5 Å². The Morgan fingerprint density at radius 3 is 0.900 bits per heavy atom. The molecule has 0 aliphatic rings. The van der Waals surface area contributed by atoms with Gasteiger partial charge in [-0.3, -0.25) is 0 Å². The molecule has 0 bridgehead atoms. The normalized spacial score (nSPS) is 11.8. The Bertz CT molecular complexity index is 5980. The van der Waals surface area contributed by atoms with E-state index >= 15 is 0 Å². The fourth-order valence-corrected chi connectivity index (χ4v) is 14.7. The molecule has 0 saturated carbocycles. The third-order valence-electron chi connectivity index (χ3n) is 18.6. The summed E-state index contributed by atoms with van der Waals surface area (Å²) in [5.74, 6) is 0. The van der Waals surface area contributed by atoms with Gasteiger partial charge < -0.3 is 8.83 Å². The summed E-state index contributed by atoms with van der Waals surface area (Å²) in [6, 6.07) is 118. The molecule has 0 N–H and O–H groups in total. The monoisotopic (exact) mass is 1140 g/mol. The molecule has 0 unspecified atom stereocenters. The molecule has 0 radical (unpaired) electrons. The van der Waals surface area contributed by atoms with E-state index in [9.17, 15) is 0 Å². The van der Waals surface area contributed by atoms with Gasteiger partial charge in [0.2, 0.25) is 0 Å². The molecule has 0 aliphatic carbocycles. The zero-order valence-corrected chi connectivity index (χ0v) is 49.0. The minimum atomic E-state index is 0.911. The number of rotatable bonds is 6. The highest BCUT2D eigenvalue weighted by molar-refractivity contribution is 6.25. The first-order valence-electron chi connectivity index (χ1n) is 31.0. The summed E-state index contributed by atoms with van der Waals surface area (Å²) in [5.41, 5.74) is 18.4. The summed E-state index contributed by atoms with van der Waals surface area (Å²) >= 11 is 0. The molecule has 0 aliphatic heterocycles. The lowest BCUT2D eigenvalue weighted by Gasteiger charge is -2.19. The van der Waals surface area contributed by atoms with Gasteiger partial charge in [-0.15, -0.1) is 0 Å². The van der Waals surface area contributed by atoms with E-state index < -0.39 is 0 Å². The molecular weight excluding hydrogens is 1090 g/mol. The van der Waals surface area contributed by atoms with Crippen molar-refractivity contribution in [3.8, 4) is 66.8 Å². The zero-order valence-electron chi connectivity index (χ0n) is 49.0. The first kappa shape index (κ1) is 51.4. The van der Waals surface area contributed by atoms with Crippen LogP contribution in [-0.4, -0.2) is 0 Å². The topological polar surface area (TPSA) is 26.3 Å². The molecule has 2 heterocycles. The van der Waals surface area contributed by atoms with Gasteiger partial charge in [-0.1, -0.05) is 279 Å². The Kier molecular flexibility index (Phi) is 12.0. The van der Waals surface area contributed by atoms with E-state index in [1.54, 1.807) is 0 Å². The molecule has 19 rings (SSSR count). The highest BCUT2D eigenvalue weighted by Gasteiger charge is 2.22. The maximum absolute atomic E-state index is 6.44. The van der Waals surface area contributed by atoms with Crippen molar-refractivity contribution < 1.29 is 8.83 Å². The molecule has 0 atom stereocenters. The molecule has 0 amide bonds. The van der Waals surface area contributed by atoms with E-state index in [4.69, 9.17) is 8.83 Å². The third kappa shape index (κ3) is 8.34. The first-order valence-corrected chi connectivity index (χ1v) is 31.0. The van der Waals surface area contributed by atoms with Crippen LogP contribution in [0.2, 0.25) is 0 Å². The predicted octanol–water partition coefficient (Wildman–Crippen LogP) is 25.2. The molecule has 0 spiro atoms. The van der Waals surface area contributed by atoms with Crippen molar-refractivity contribution in [2.75, 3.05) is 0 Å². The van der Waals surface area contributed by atoms with E-state index in [2.05, 4.69) is 328 Å². The van der Waals surface area contributed by atoms with Crippen LogP contribution in [0.15, 0.2) is 336 Å². The van der Waals surface area contributed by atoms with E-state index in [1.807, 2.05) is 0 Å². The molecule has 90 heavy (non-hydrogen) atoms. The summed E-state index contributed by atoms with van der Waals surface area (Å²) in [6.45, 7) is 0. The van der Waals surface area contributed by atoms with Gasteiger partial charge in [-0.2, -0.15) is 0 Å². The Labute approximate surface area is 519 Å². The SMILES string of the molecule is c1cc(-c2c3ccccc3c(-c3cccc4ccccc34)c3ccccc23)cc(-c2cccc3oc4cc5ccccc5cc4c23)c1.c1ccc(-c2c3ccccc3c(-c3cccc(-c4cccc5oc6cc7ccccc7cc6c45)c3)c3ccccc23)cc1. The summed E-state index contributed by atoms with van der Waals surface area (Å²) in [7, 11) is 0. The minimum Gasteiger partial charge on any atom is -0.456 e. The number of furan rings is 2. The fourth-order valence-electron chi connectivity index (χ4n) is 14.7. The second-order valence-corrected chi connectivity index (χ2v) is 23.7. The van der Waals surface area contributed by atoms with Crippen molar-refractivity contribution in [1.29, 1.82) is 0 Å². The molecule has 0 fully saturated rings. The Morgan fingerprint density at radius 1 is 0.156 bits per heavy atom. The average molecular weight is 1140 g/mol. The van der Waals surface area contributed by atoms with Crippen LogP contribution in [0.1, 0.15) is 0 Å². The summed E-state index contributed by atoms with van der Waals surface area (Å²) in [5, 5.41) is 22.0. The van der Waals surface area contributed by atoms with Gasteiger partial charge in [0.25, 0.3) is 0 Å². The van der Waals surface area contributed by atoms with Crippen molar-refractivity contribution in [3.05, 3.63) is 328 Å². The number of benzene rings is 17. The van der Waals surface area contributed by atoms with Crippen LogP contribution in [0.3, 0.4) is 0 Å². The summed E-state index contributed by atoms with van der Waals surface area (Å²) in [4.78, 5) is 0. The quantitative estimate of drug-likeness (QED) is 0.155. The van der Waals surface area contributed by atoms with Crippen molar-refractivity contribution >= 4 is 119 Å². The van der Waals surface area contributed by atoms with Crippen molar-refractivity contribution in [2.45, 2.75) is 0 Å². The first-order chi connectivity index (χ1) is 44.6. The van der Waals surface area contributed by atoms with Gasteiger partial charge in [-0.25, -0.2) is 0 Å². The Balaban J connectivity index is 0.000000134. The smallest absolute Gasteiger partial charge is 0.136 e. The molecule has 2 aromatic heterocycles. The molecule has 2 nitrogen and oxygen atoms in total. The highest BCUT2D eigenvalue weighted by atomic mass is 16.3. The largest absolute Gasteiger partial charge is 0.456 e. The third-order valence-corrected chi connectivity index (χ3v) is 18.6. The predicted molar refractivity (Wildman–Crippen MR) is 383 cm³/mol. The molecule has 0 saturated heterocycles. The Hall–Kier alpha value is -11.8. The van der Waals surface area contributed by atoms with Crippen LogP contribution in [-0.2, 0) is 0 Å². The fraction of sp³-hybridized carbons (Fsp3) is 0. The van der Waals surface area contributed by atoms with Crippen LogP contribution in [0.25, 0.3) is 186 Å². The van der Waals surface area contributed by atoms with Crippen LogP contribution >= 0.6 is 0 Å². The summed E-state index contributed by atoms with van der Waals surface area (Å²) < 4.78 is 12.8. The molecule has 2 heteroatoms. The van der Waals surface area contributed by atoms with Gasteiger partial charge in [0.15, 0.2) is 0 Å². The van der Waals surface area contributed by atoms with Crippen LogP contribution in [0.4, 0.5) is 0 Å². The van der Waals surface area contributed by atoms with E-state index in [-0.39, 0.29) is 0 Å². The lowest BCUT2D eigenvalue weighted by molar-refractivity contribution is 0.669. The number of hydrogen-bond donors (Lipinski definition) is 0. The van der Waals surface area contributed by atoms with Crippen LogP contribution in [0, 0.1) is 0 Å². The van der Waals surface area contributed by atoms with Crippen molar-refractivity contribution in [2.24, 2.45) is 0 Å². The average Bonchev–Trinajstić information content (AvgIpc) is 0.931. The number of fused-ring (bicyclic) bond motifs is 13. The van der Waals surface area contributed by atoms with Crippen LogP contribution < -0.4 is 0 Å². The maximum Gasteiger partial charge on any atom is 0.136 e. The maximum atomic E-state index is 6.44. The lowest BCUT2D eigenvalue weighted by atomic mass is 9.84. The zero-order chi connectivity index (χ0) is 59.2. The van der Waals surface area contributed by atoms with E-state index in [0.717, 1.165) is 43.9 Å². The highest BCUT2D eigenvalue weighted by Crippen LogP contribution is 2.49. The van der Waals surface area contributed by atoms with Gasteiger partial charge in [0.1, 0.15) is 22.3 Å². The molecule has 17 aromatic carbocycles. The molecular formula is C88H54O2. The minimum absolute atomic E-state index is 0.911. The second kappa shape index (κ2) is 21.0. The van der Waals surface area contributed by atoms with E-state index in [1.165, 1.54) is 142 Å². The molecule has 418 valence electrons. The Morgan fingerprint density at radius 2 is 0.456 bits per heavy atom. The van der Waals surface area contributed by atoms with Crippen molar-refractivity contribution in [1.82, 2.24) is 0 Å². The van der Waals surface area contributed by atoms with Crippen LogP contribution in [0.5, 0.6) is 0 Å². The second-order valence-electron chi connectivity index (χ2n) is 23.7. The standard InChI is InChI=1S/C46H28O.C42H26O/c1-2-14-31-28-43-41(27-30(31)13-1)46-35(23-11-25-42(46)47-43)32-16-9-17-33(26-32)44-37-19-5-7-21-39(37)45(40-22-8-6-20-38(40)44)36-24-10-15-29-12-3-4-18-34(29)36;1-2-12-27(13-3-1)40-33-18-6-8-20-35(33)41(36-21-9-7-19-34(36)40)31-17-10-16-30(24-31)32-22-11-23-38-42(32)37-25-28-14-4-5-15-29(28)26-39(37)43-38/h1-28H;1-26H. The van der Waals surface area contributed by atoms with Gasteiger partial charge in [-0.05, 0) is 191 Å². The molecule has 19 aromatic rings. The van der Waals surface area contributed by atoms with Crippen molar-refractivity contribution in [3.63, 3.8) is 0 Å². The van der Waals surface area contributed by atoms with E-state index in [0.29, 0.717) is 0 Å².